The molecule has 0 aliphatic heterocycles. The zero-order valence-electron chi connectivity index (χ0n) is 11.1. The third kappa shape index (κ3) is 4.73. The van der Waals surface area contributed by atoms with E-state index >= 15 is 0 Å². The van der Waals surface area contributed by atoms with Crippen LogP contribution in [0.4, 0.5) is 5.69 Å². The van der Waals surface area contributed by atoms with Gasteiger partial charge in [-0.2, -0.15) is 0 Å². The van der Waals surface area contributed by atoms with Crippen molar-refractivity contribution < 1.29 is 0 Å². The van der Waals surface area contributed by atoms with E-state index < -0.39 is 0 Å². The lowest BCUT2D eigenvalue weighted by atomic mass is 10.0. The minimum absolute atomic E-state index is 0.407. The van der Waals surface area contributed by atoms with E-state index in [2.05, 4.69) is 62.6 Å². The number of hydrogen-bond donors (Lipinski definition) is 2. The van der Waals surface area contributed by atoms with Gasteiger partial charge in [0.1, 0.15) is 0 Å². The molecule has 0 aliphatic carbocycles. The monoisotopic (exact) mass is 250 g/mol. The van der Waals surface area contributed by atoms with Crippen LogP contribution >= 0.6 is 12.2 Å². The van der Waals surface area contributed by atoms with Gasteiger partial charge in [-0.1, -0.05) is 32.9 Å². The number of benzene rings is 1. The summed E-state index contributed by atoms with van der Waals surface area (Å²) in [6.45, 7) is 8.64. The van der Waals surface area contributed by atoms with Gasteiger partial charge in [0.2, 0.25) is 0 Å². The van der Waals surface area contributed by atoms with Crippen molar-refractivity contribution in [1.82, 2.24) is 5.32 Å². The normalized spacial score (nSPS) is 12.3. The topological polar surface area (TPSA) is 24.1 Å². The maximum atomic E-state index is 5.24. The van der Waals surface area contributed by atoms with Gasteiger partial charge in [-0.05, 0) is 49.2 Å². The van der Waals surface area contributed by atoms with Gasteiger partial charge in [0.15, 0.2) is 5.11 Å². The molecule has 0 bridgehead atoms. The average molecular weight is 250 g/mol. The fourth-order valence-electron chi connectivity index (χ4n) is 1.44. The second-order valence-corrected chi connectivity index (χ2v) is 5.09. The third-order valence-electron chi connectivity index (χ3n) is 2.83. The smallest absolute Gasteiger partial charge is 0.170 e. The molecule has 2 N–H and O–H groups in total. The average Bonchev–Trinajstić information content (AvgIpc) is 2.29. The molecule has 1 aromatic rings. The standard InChI is InChI=1S/C14H22N2S/c1-5-11(4)15-14(17)16-13-8-6-12(7-9-13)10(2)3/h6-11H,5H2,1-4H3,(H2,15,16,17). The molecule has 0 radical (unpaired) electrons. The third-order valence-corrected chi connectivity index (χ3v) is 3.04. The molecule has 0 aromatic heterocycles. The highest BCUT2D eigenvalue weighted by Crippen LogP contribution is 2.16. The van der Waals surface area contributed by atoms with E-state index in [0.29, 0.717) is 17.1 Å². The van der Waals surface area contributed by atoms with Gasteiger partial charge in [0.25, 0.3) is 0 Å². The van der Waals surface area contributed by atoms with Gasteiger partial charge < -0.3 is 10.6 Å². The molecule has 0 saturated carbocycles. The highest BCUT2D eigenvalue weighted by molar-refractivity contribution is 7.80. The van der Waals surface area contributed by atoms with Gasteiger partial charge in [-0.25, -0.2) is 0 Å². The highest BCUT2D eigenvalue weighted by atomic mass is 32.1. The lowest BCUT2D eigenvalue weighted by Crippen LogP contribution is -2.35. The largest absolute Gasteiger partial charge is 0.360 e. The summed E-state index contributed by atoms with van der Waals surface area (Å²) in [7, 11) is 0. The Morgan fingerprint density at radius 1 is 1.18 bits per heavy atom. The van der Waals surface area contributed by atoms with E-state index in [1.165, 1.54) is 5.56 Å². The summed E-state index contributed by atoms with van der Waals surface area (Å²) >= 11 is 5.24. The van der Waals surface area contributed by atoms with Crippen molar-refractivity contribution in [3.05, 3.63) is 29.8 Å². The van der Waals surface area contributed by atoms with Crippen molar-refractivity contribution in [2.45, 2.75) is 46.1 Å². The van der Waals surface area contributed by atoms with Crippen molar-refractivity contribution in [3.8, 4) is 0 Å². The molecule has 0 spiro atoms. The van der Waals surface area contributed by atoms with Gasteiger partial charge in [0, 0.05) is 11.7 Å². The molecule has 0 fully saturated rings. The highest BCUT2D eigenvalue weighted by Gasteiger charge is 2.02. The van der Waals surface area contributed by atoms with Gasteiger partial charge in [-0.15, -0.1) is 0 Å². The first-order chi connectivity index (χ1) is 8.02. The van der Waals surface area contributed by atoms with Crippen LogP contribution in [0.1, 0.15) is 45.6 Å². The zero-order valence-corrected chi connectivity index (χ0v) is 11.9. The van der Waals surface area contributed by atoms with Crippen molar-refractivity contribution in [2.75, 3.05) is 5.32 Å². The van der Waals surface area contributed by atoms with Gasteiger partial charge in [0.05, 0.1) is 0 Å². The molecule has 1 unspecified atom stereocenters. The number of hydrogen-bond acceptors (Lipinski definition) is 1. The van der Waals surface area contributed by atoms with Crippen LogP contribution in [0.5, 0.6) is 0 Å². The first kappa shape index (κ1) is 14.0. The summed E-state index contributed by atoms with van der Waals surface area (Å²) in [6.07, 6.45) is 1.06. The summed E-state index contributed by atoms with van der Waals surface area (Å²) in [6, 6.07) is 8.82. The lowest BCUT2D eigenvalue weighted by molar-refractivity contribution is 0.646. The molecule has 3 heteroatoms. The lowest BCUT2D eigenvalue weighted by Gasteiger charge is -2.15. The van der Waals surface area contributed by atoms with Gasteiger partial charge in [-0.3, -0.25) is 0 Å². The van der Waals surface area contributed by atoms with E-state index in [1.807, 2.05) is 0 Å². The number of nitrogens with one attached hydrogen (secondary N) is 2. The number of thiocarbonyl (C=S) groups is 1. The van der Waals surface area contributed by atoms with Crippen molar-refractivity contribution in [1.29, 1.82) is 0 Å². The van der Waals surface area contributed by atoms with Crippen molar-refractivity contribution >= 4 is 23.0 Å². The number of rotatable bonds is 4. The molecule has 0 aliphatic rings. The van der Waals surface area contributed by atoms with Crippen LogP contribution in [0.25, 0.3) is 0 Å². The Bertz CT molecular complexity index is 357. The van der Waals surface area contributed by atoms with Crippen LogP contribution in [-0.4, -0.2) is 11.2 Å². The Kier molecular flexibility index (Phi) is 5.42. The van der Waals surface area contributed by atoms with Crippen LogP contribution in [0.3, 0.4) is 0 Å². The second-order valence-electron chi connectivity index (χ2n) is 4.68. The summed E-state index contributed by atoms with van der Waals surface area (Å²) in [5.41, 5.74) is 2.38. The SMILES string of the molecule is CCC(C)NC(=S)Nc1ccc(C(C)C)cc1. The second kappa shape index (κ2) is 6.60. The molecule has 1 rings (SSSR count). The fourth-order valence-corrected chi connectivity index (χ4v) is 1.76. The van der Waals surface area contributed by atoms with Gasteiger partial charge >= 0.3 is 0 Å². The first-order valence-electron chi connectivity index (χ1n) is 6.20. The Morgan fingerprint density at radius 3 is 2.24 bits per heavy atom. The van der Waals surface area contributed by atoms with Crippen molar-refractivity contribution in [3.63, 3.8) is 0 Å². The van der Waals surface area contributed by atoms with E-state index in [1.54, 1.807) is 0 Å². The van der Waals surface area contributed by atoms with Crippen LogP contribution < -0.4 is 10.6 Å². The fraction of sp³-hybridized carbons (Fsp3) is 0.500. The Balaban J connectivity index is 2.54. The minimum atomic E-state index is 0.407. The maximum Gasteiger partial charge on any atom is 0.170 e. The molecule has 94 valence electrons. The Labute approximate surface area is 110 Å². The van der Waals surface area contributed by atoms with Crippen LogP contribution in [0, 0.1) is 0 Å². The molecule has 0 saturated heterocycles. The zero-order chi connectivity index (χ0) is 12.8. The number of anilines is 1. The molecule has 1 atom stereocenters. The summed E-state index contributed by atoms with van der Waals surface area (Å²) in [4.78, 5) is 0. The van der Waals surface area contributed by atoms with E-state index in [0.717, 1.165) is 12.1 Å². The van der Waals surface area contributed by atoms with E-state index in [4.69, 9.17) is 12.2 Å². The van der Waals surface area contributed by atoms with Crippen LogP contribution in [0.2, 0.25) is 0 Å². The van der Waals surface area contributed by atoms with E-state index in [-0.39, 0.29) is 0 Å². The molecular weight excluding hydrogens is 228 g/mol. The van der Waals surface area contributed by atoms with E-state index in [9.17, 15) is 0 Å². The molecule has 2 nitrogen and oxygen atoms in total. The van der Waals surface area contributed by atoms with Crippen LogP contribution in [-0.2, 0) is 0 Å². The first-order valence-corrected chi connectivity index (χ1v) is 6.61. The predicted octanol–water partition coefficient (Wildman–Crippen LogP) is 3.89. The Morgan fingerprint density at radius 2 is 1.76 bits per heavy atom. The molecule has 0 heterocycles. The van der Waals surface area contributed by atoms with Crippen LogP contribution in [0.15, 0.2) is 24.3 Å². The molecular formula is C14H22N2S. The summed E-state index contributed by atoms with van der Waals surface area (Å²) < 4.78 is 0. The minimum Gasteiger partial charge on any atom is -0.360 e. The Hall–Kier alpha value is -1.09. The summed E-state index contributed by atoms with van der Waals surface area (Å²) in [5, 5.41) is 7.12. The molecule has 17 heavy (non-hydrogen) atoms. The quantitative estimate of drug-likeness (QED) is 0.793. The maximum absolute atomic E-state index is 5.24. The predicted molar refractivity (Wildman–Crippen MR) is 79.6 cm³/mol. The molecule has 0 amide bonds. The summed E-state index contributed by atoms with van der Waals surface area (Å²) in [5.74, 6) is 0.564. The molecule has 1 aromatic carbocycles. The van der Waals surface area contributed by atoms with Crippen molar-refractivity contribution in [2.24, 2.45) is 0 Å².